The van der Waals surface area contributed by atoms with E-state index in [1.165, 1.54) is 6.07 Å². The van der Waals surface area contributed by atoms with Crippen LogP contribution >= 0.6 is 0 Å². The lowest BCUT2D eigenvalue weighted by Crippen LogP contribution is -2.49. The van der Waals surface area contributed by atoms with E-state index in [9.17, 15) is 9.18 Å². The van der Waals surface area contributed by atoms with Crippen molar-refractivity contribution in [3.8, 4) is 0 Å². The van der Waals surface area contributed by atoms with Crippen LogP contribution in [0.2, 0.25) is 0 Å². The van der Waals surface area contributed by atoms with E-state index in [4.69, 9.17) is 4.52 Å². The van der Waals surface area contributed by atoms with Crippen LogP contribution in [0.5, 0.6) is 0 Å². The third kappa shape index (κ3) is 3.97. The number of aryl methyl sites for hydroxylation is 1. The Hall–Kier alpha value is -2.44. The number of rotatable bonds is 6. The van der Waals surface area contributed by atoms with Crippen LogP contribution in [-0.4, -0.2) is 27.1 Å². The van der Waals surface area contributed by atoms with Crippen molar-refractivity contribution in [2.24, 2.45) is 0 Å². The Kier molecular flexibility index (Phi) is 5.31. The van der Waals surface area contributed by atoms with Gasteiger partial charge in [0.15, 0.2) is 5.82 Å². The largest absolute Gasteiger partial charge is 0.340 e. The van der Waals surface area contributed by atoms with E-state index in [1.807, 2.05) is 6.92 Å². The molecule has 0 aliphatic heterocycles. The first-order valence-electron chi connectivity index (χ1n) is 8.69. The summed E-state index contributed by atoms with van der Waals surface area (Å²) in [7, 11) is 0. The molecule has 134 valence electrons. The number of halogens is 1. The number of urea groups is 1. The van der Waals surface area contributed by atoms with Crippen molar-refractivity contribution in [1.29, 1.82) is 0 Å². The molecule has 25 heavy (non-hydrogen) atoms. The highest BCUT2D eigenvalue weighted by Crippen LogP contribution is 2.27. The zero-order valence-corrected chi connectivity index (χ0v) is 14.5. The Morgan fingerprint density at radius 1 is 1.44 bits per heavy atom. The molecule has 1 saturated carbocycles. The Morgan fingerprint density at radius 3 is 2.76 bits per heavy atom. The highest BCUT2D eigenvalue weighted by molar-refractivity contribution is 5.75. The minimum absolute atomic E-state index is 0.143. The molecule has 1 aromatic heterocycles. The van der Waals surface area contributed by atoms with Crippen LogP contribution in [0.4, 0.5) is 9.18 Å². The van der Waals surface area contributed by atoms with E-state index in [0.29, 0.717) is 23.7 Å². The van der Waals surface area contributed by atoms with Crippen molar-refractivity contribution in [3.63, 3.8) is 0 Å². The maximum Gasteiger partial charge on any atom is 0.318 e. The summed E-state index contributed by atoms with van der Waals surface area (Å²) in [6.07, 6.45) is 3.62. The summed E-state index contributed by atoms with van der Waals surface area (Å²) < 4.78 is 19.0. The number of hydrogen-bond donors (Lipinski definition) is 1. The lowest BCUT2D eigenvalue weighted by Gasteiger charge is -2.38. The van der Waals surface area contributed by atoms with E-state index in [2.05, 4.69) is 15.5 Å². The summed E-state index contributed by atoms with van der Waals surface area (Å²) in [5.41, 5.74) is 0.521. The molecule has 0 spiro atoms. The number of carbonyl (C=O) groups excluding carboxylic acids is 1. The molecular formula is C18H23FN4O2. The van der Waals surface area contributed by atoms with E-state index < -0.39 is 0 Å². The molecule has 6 nitrogen and oxygen atoms in total. The number of amides is 2. The highest BCUT2D eigenvalue weighted by atomic mass is 19.1. The van der Waals surface area contributed by atoms with Gasteiger partial charge in [0.2, 0.25) is 5.89 Å². The van der Waals surface area contributed by atoms with Gasteiger partial charge in [-0.25, -0.2) is 9.18 Å². The molecule has 3 rings (SSSR count). The first kappa shape index (κ1) is 17.4. The highest BCUT2D eigenvalue weighted by Gasteiger charge is 2.31. The van der Waals surface area contributed by atoms with Crippen LogP contribution in [0.15, 0.2) is 28.8 Å². The number of aromatic nitrogens is 2. The number of nitrogens with one attached hydrogen (secondary N) is 1. The second-order valence-corrected chi connectivity index (χ2v) is 6.39. The van der Waals surface area contributed by atoms with Crippen LogP contribution < -0.4 is 5.32 Å². The van der Waals surface area contributed by atoms with Gasteiger partial charge in [-0.3, -0.25) is 0 Å². The maximum absolute atomic E-state index is 14.0. The second-order valence-electron chi connectivity index (χ2n) is 6.39. The van der Waals surface area contributed by atoms with Crippen molar-refractivity contribution in [2.75, 3.05) is 0 Å². The minimum atomic E-state index is -0.326. The van der Waals surface area contributed by atoms with E-state index in [0.717, 1.165) is 19.3 Å². The predicted octanol–water partition coefficient (Wildman–Crippen LogP) is 3.73. The van der Waals surface area contributed by atoms with Gasteiger partial charge in [-0.05, 0) is 31.7 Å². The molecule has 2 aromatic rings. The van der Waals surface area contributed by atoms with Crippen molar-refractivity contribution >= 4 is 6.03 Å². The molecule has 7 heteroatoms. The number of hydrogen-bond acceptors (Lipinski definition) is 4. The zero-order chi connectivity index (χ0) is 17.8. The molecule has 1 heterocycles. The Bertz CT molecular complexity index is 729. The lowest BCUT2D eigenvalue weighted by atomic mass is 9.91. The monoisotopic (exact) mass is 346 g/mol. The molecule has 1 aromatic carbocycles. The summed E-state index contributed by atoms with van der Waals surface area (Å²) in [6, 6.07) is 6.17. The summed E-state index contributed by atoms with van der Waals surface area (Å²) in [6.45, 7) is 3.91. The lowest BCUT2D eigenvalue weighted by molar-refractivity contribution is 0.129. The van der Waals surface area contributed by atoms with Crippen LogP contribution in [0.1, 0.15) is 55.9 Å². The van der Waals surface area contributed by atoms with Crippen LogP contribution in [0.25, 0.3) is 0 Å². The molecule has 0 bridgehead atoms. The molecular weight excluding hydrogens is 323 g/mol. The molecule has 0 unspecified atom stereocenters. The van der Waals surface area contributed by atoms with Gasteiger partial charge in [0.05, 0.1) is 12.6 Å². The number of carbonyl (C=O) groups is 1. The fourth-order valence-corrected chi connectivity index (χ4v) is 2.91. The van der Waals surface area contributed by atoms with Crippen molar-refractivity contribution in [1.82, 2.24) is 20.4 Å². The number of nitrogens with zero attached hydrogens (tertiary/aromatic N) is 3. The summed E-state index contributed by atoms with van der Waals surface area (Å²) in [4.78, 5) is 18.8. The molecule has 1 fully saturated rings. The van der Waals surface area contributed by atoms with Crippen molar-refractivity contribution < 1.29 is 13.7 Å². The quantitative estimate of drug-likeness (QED) is 0.865. The Balaban J connectivity index is 1.74. The van der Waals surface area contributed by atoms with Gasteiger partial charge >= 0.3 is 6.03 Å². The second kappa shape index (κ2) is 7.63. The van der Waals surface area contributed by atoms with Gasteiger partial charge < -0.3 is 14.7 Å². The third-order valence-electron chi connectivity index (χ3n) is 4.64. The fourth-order valence-electron chi connectivity index (χ4n) is 2.91. The molecule has 0 radical (unpaired) electrons. The summed E-state index contributed by atoms with van der Waals surface area (Å²) in [5.74, 6) is 0.637. The average molecular weight is 346 g/mol. The smallest absolute Gasteiger partial charge is 0.318 e. The van der Waals surface area contributed by atoms with Gasteiger partial charge in [-0.15, -0.1) is 0 Å². The first-order chi connectivity index (χ1) is 12.1. The van der Waals surface area contributed by atoms with Crippen molar-refractivity contribution in [3.05, 3.63) is 47.4 Å². The van der Waals surface area contributed by atoms with E-state index in [1.54, 1.807) is 30.0 Å². The minimum Gasteiger partial charge on any atom is -0.340 e. The Morgan fingerprint density at radius 2 is 2.20 bits per heavy atom. The SMILES string of the molecule is CC[C@H](NC(=O)N(Cc1ccccc1F)C1CCC1)c1noc(C)n1. The van der Waals surface area contributed by atoms with Crippen molar-refractivity contribution in [2.45, 2.75) is 58.2 Å². The third-order valence-corrected chi connectivity index (χ3v) is 4.64. The number of benzene rings is 1. The standard InChI is InChI=1S/C18H23FN4O2/c1-3-16(17-20-12(2)25-22-17)21-18(24)23(14-8-6-9-14)11-13-7-4-5-10-15(13)19/h4-5,7,10,14,16H,3,6,8-9,11H2,1-2H3,(H,21,24)/t16-/m0/s1. The topological polar surface area (TPSA) is 71.3 Å². The maximum atomic E-state index is 14.0. The fraction of sp³-hybridized carbons (Fsp3) is 0.500. The first-order valence-corrected chi connectivity index (χ1v) is 8.69. The predicted molar refractivity (Wildman–Crippen MR) is 90.2 cm³/mol. The van der Waals surface area contributed by atoms with Crippen LogP contribution in [0, 0.1) is 12.7 Å². The van der Waals surface area contributed by atoms with E-state index >= 15 is 0 Å². The Labute approximate surface area is 146 Å². The molecule has 1 aliphatic carbocycles. The normalized spacial score (nSPS) is 15.5. The van der Waals surface area contributed by atoms with Gasteiger partial charge in [-0.1, -0.05) is 30.3 Å². The van der Waals surface area contributed by atoms with Gasteiger partial charge in [0.1, 0.15) is 5.82 Å². The summed E-state index contributed by atoms with van der Waals surface area (Å²) in [5, 5.41) is 6.86. The van der Waals surface area contributed by atoms with Gasteiger partial charge in [0, 0.05) is 18.5 Å². The summed E-state index contributed by atoms with van der Waals surface area (Å²) >= 11 is 0. The van der Waals surface area contributed by atoms with E-state index in [-0.39, 0.29) is 30.5 Å². The molecule has 2 amide bonds. The molecule has 1 aliphatic rings. The van der Waals surface area contributed by atoms with Gasteiger partial charge in [-0.2, -0.15) is 4.98 Å². The van der Waals surface area contributed by atoms with Gasteiger partial charge in [0.25, 0.3) is 0 Å². The zero-order valence-electron chi connectivity index (χ0n) is 14.5. The molecule has 1 N–H and O–H groups in total. The average Bonchev–Trinajstić information content (AvgIpc) is 2.98. The molecule has 0 saturated heterocycles. The molecule has 1 atom stereocenters. The van der Waals surface area contributed by atoms with Crippen LogP contribution in [-0.2, 0) is 6.54 Å². The van der Waals surface area contributed by atoms with Crippen LogP contribution in [0.3, 0.4) is 0 Å².